The fourth-order valence-electron chi connectivity index (χ4n) is 1.76. The number of nitrogens with one attached hydrogen (secondary N) is 1. The average Bonchev–Trinajstić information content (AvgIpc) is 2.94. The van der Waals surface area contributed by atoms with Gasteiger partial charge in [-0.15, -0.1) is 14.8 Å². The number of aromatic nitrogens is 5. The topological polar surface area (TPSA) is 77.2 Å². The normalized spacial score (nSPS) is 10.7. The van der Waals surface area contributed by atoms with Crippen LogP contribution in [0, 0.1) is 0 Å². The molecule has 20 heavy (non-hydrogen) atoms. The van der Waals surface area contributed by atoms with Gasteiger partial charge in [-0.2, -0.15) is 0 Å². The number of ether oxygens (including phenoxy) is 1. The molecule has 102 valence electrons. The summed E-state index contributed by atoms with van der Waals surface area (Å²) in [6.45, 7) is 2.75. The van der Waals surface area contributed by atoms with E-state index < -0.39 is 0 Å². The third-order valence-corrected chi connectivity index (χ3v) is 2.68. The van der Waals surface area contributed by atoms with Gasteiger partial charge in [0.25, 0.3) is 0 Å². The second-order valence-corrected chi connectivity index (χ2v) is 4.21. The minimum Gasteiger partial charge on any atom is -0.491 e. The number of para-hydroxylation sites is 2. The van der Waals surface area contributed by atoms with Crippen molar-refractivity contribution in [3.63, 3.8) is 0 Å². The number of rotatable bonds is 5. The Morgan fingerprint density at radius 2 is 2.10 bits per heavy atom. The van der Waals surface area contributed by atoms with Crippen molar-refractivity contribution in [3.8, 4) is 5.75 Å². The van der Waals surface area contributed by atoms with Crippen molar-refractivity contribution in [3.05, 3.63) is 36.4 Å². The van der Waals surface area contributed by atoms with Gasteiger partial charge in [-0.1, -0.05) is 19.1 Å². The molecule has 2 aromatic heterocycles. The Hall–Kier alpha value is -2.70. The molecule has 7 heteroatoms. The number of tetrazole rings is 1. The molecule has 0 aliphatic carbocycles. The summed E-state index contributed by atoms with van der Waals surface area (Å²) in [6, 6.07) is 11.4. The van der Waals surface area contributed by atoms with Gasteiger partial charge in [0.2, 0.25) is 0 Å². The molecule has 0 atom stereocenters. The molecule has 0 aliphatic rings. The maximum absolute atomic E-state index is 5.69. The van der Waals surface area contributed by atoms with Crippen LogP contribution in [-0.4, -0.2) is 31.9 Å². The highest BCUT2D eigenvalue weighted by molar-refractivity contribution is 5.64. The summed E-state index contributed by atoms with van der Waals surface area (Å²) in [7, 11) is 0. The molecular weight excluding hydrogens is 256 g/mol. The zero-order valence-corrected chi connectivity index (χ0v) is 11.0. The lowest BCUT2D eigenvalue weighted by Gasteiger charge is -2.11. The number of benzene rings is 1. The molecule has 0 spiro atoms. The molecule has 1 aromatic carbocycles. The zero-order chi connectivity index (χ0) is 13.8. The quantitative estimate of drug-likeness (QED) is 0.764. The van der Waals surface area contributed by atoms with Gasteiger partial charge in [-0.25, -0.2) is 0 Å². The number of hydrogen-bond acceptors (Lipinski definition) is 6. The van der Waals surface area contributed by atoms with Crippen LogP contribution in [0.1, 0.15) is 13.3 Å². The van der Waals surface area contributed by atoms with Crippen molar-refractivity contribution >= 4 is 17.2 Å². The number of anilines is 2. The summed E-state index contributed by atoms with van der Waals surface area (Å²) < 4.78 is 7.07. The van der Waals surface area contributed by atoms with E-state index in [4.69, 9.17) is 4.74 Å². The van der Waals surface area contributed by atoms with E-state index in [0.717, 1.165) is 17.9 Å². The lowest BCUT2D eigenvalue weighted by molar-refractivity contribution is 0.319. The first-order valence-electron chi connectivity index (χ1n) is 6.41. The smallest absolute Gasteiger partial charge is 0.200 e. The van der Waals surface area contributed by atoms with Crippen LogP contribution in [0.25, 0.3) is 5.65 Å². The Morgan fingerprint density at radius 3 is 3.00 bits per heavy atom. The van der Waals surface area contributed by atoms with Gasteiger partial charge in [0, 0.05) is 0 Å². The third-order valence-electron chi connectivity index (χ3n) is 2.68. The fraction of sp³-hybridized carbons (Fsp3) is 0.231. The van der Waals surface area contributed by atoms with Crippen LogP contribution in [0.5, 0.6) is 5.75 Å². The highest BCUT2D eigenvalue weighted by Crippen LogP contribution is 2.26. The molecule has 0 aliphatic heterocycles. The summed E-state index contributed by atoms with van der Waals surface area (Å²) in [5.74, 6) is 1.45. The SMILES string of the molecule is CCCOc1ccccc1Nc1ccc2nnnn2n1. The molecule has 3 rings (SSSR count). The van der Waals surface area contributed by atoms with Crippen molar-refractivity contribution in [1.82, 2.24) is 25.3 Å². The molecule has 3 aromatic rings. The van der Waals surface area contributed by atoms with Gasteiger partial charge in [0.15, 0.2) is 11.5 Å². The van der Waals surface area contributed by atoms with Gasteiger partial charge in [0.1, 0.15) is 5.75 Å². The Bertz CT molecular complexity index is 711. The molecule has 1 N–H and O–H groups in total. The zero-order valence-electron chi connectivity index (χ0n) is 11.0. The number of hydrogen-bond donors (Lipinski definition) is 1. The molecule has 7 nitrogen and oxygen atoms in total. The van der Waals surface area contributed by atoms with Gasteiger partial charge >= 0.3 is 0 Å². The second-order valence-electron chi connectivity index (χ2n) is 4.21. The predicted octanol–water partition coefficient (Wildman–Crippen LogP) is 2.05. The third kappa shape index (κ3) is 2.51. The minimum atomic E-state index is 0.603. The average molecular weight is 270 g/mol. The maximum atomic E-state index is 5.69. The van der Waals surface area contributed by atoms with Crippen LogP contribution in [0.2, 0.25) is 0 Å². The van der Waals surface area contributed by atoms with E-state index in [2.05, 4.69) is 32.9 Å². The number of nitrogens with zero attached hydrogens (tertiary/aromatic N) is 5. The predicted molar refractivity (Wildman–Crippen MR) is 74.1 cm³/mol. The Morgan fingerprint density at radius 1 is 1.20 bits per heavy atom. The molecular formula is C13H14N6O. The van der Waals surface area contributed by atoms with Crippen LogP contribution in [0.15, 0.2) is 36.4 Å². The lowest BCUT2D eigenvalue weighted by Crippen LogP contribution is -2.03. The molecule has 0 bridgehead atoms. The monoisotopic (exact) mass is 270 g/mol. The molecule has 0 amide bonds. The highest BCUT2D eigenvalue weighted by Gasteiger charge is 2.05. The summed E-state index contributed by atoms with van der Waals surface area (Å²) in [5, 5.41) is 18.6. The minimum absolute atomic E-state index is 0.603. The molecule has 0 unspecified atom stereocenters. The first kappa shape index (κ1) is 12.3. The Labute approximate surface area is 115 Å². The Kier molecular flexibility index (Phi) is 3.40. The fourth-order valence-corrected chi connectivity index (χ4v) is 1.76. The van der Waals surface area contributed by atoms with Gasteiger partial charge in [-0.3, -0.25) is 0 Å². The van der Waals surface area contributed by atoms with Crippen LogP contribution in [-0.2, 0) is 0 Å². The summed E-state index contributed by atoms with van der Waals surface area (Å²) in [4.78, 5) is 0. The van der Waals surface area contributed by atoms with E-state index >= 15 is 0 Å². The van der Waals surface area contributed by atoms with Crippen molar-refractivity contribution in [2.75, 3.05) is 11.9 Å². The molecule has 0 saturated carbocycles. The van der Waals surface area contributed by atoms with E-state index in [1.165, 1.54) is 4.63 Å². The van der Waals surface area contributed by atoms with E-state index in [-0.39, 0.29) is 0 Å². The Balaban J connectivity index is 1.86. The van der Waals surface area contributed by atoms with Crippen molar-refractivity contribution in [2.24, 2.45) is 0 Å². The van der Waals surface area contributed by atoms with Crippen molar-refractivity contribution in [1.29, 1.82) is 0 Å². The standard InChI is InChI=1S/C13H14N6O/c1-2-9-20-11-6-4-3-5-10(11)14-12-7-8-13-15-17-18-19(13)16-12/h3-8H,2,9H2,1H3,(H,14,16). The number of fused-ring (bicyclic) bond motifs is 1. The highest BCUT2D eigenvalue weighted by atomic mass is 16.5. The van der Waals surface area contributed by atoms with Gasteiger partial charge in [0.05, 0.1) is 12.3 Å². The summed E-state index contributed by atoms with van der Waals surface area (Å²) >= 11 is 0. The van der Waals surface area contributed by atoms with Crippen molar-refractivity contribution in [2.45, 2.75) is 13.3 Å². The van der Waals surface area contributed by atoms with E-state index in [1.54, 1.807) is 6.07 Å². The molecule has 0 saturated heterocycles. The molecule has 0 radical (unpaired) electrons. The van der Waals surface area contributed by atoms with E-state index in [1.807, 2.05) is 30.3 Å². The van der Waals surface area contributed by atoms with Gasteiger partial charge in [-0.05, 0) is 41.1 Å². The second kappa shape index (κ2) is 5.52. The molecule has 2 heterocycles. The first-order chi connectivity index (χ1) is 9.86. The van der Waals surface area contributed by atoms with Crippen molar-refractivity contribution < 1.29 is 4.74 Å². The first-order valence-corrected chi connectivity index (χ1v) is 6.41. The van der Waals surface area contributed by atoms with Crippen LogP contribution in [0.4, 0.5) is 11.5 Å². The van der Waals surface area contributed by atoms with Gasteiger partial charge < -0.3 is 10.1 Å². The van der Waals surface area contributed by atoms with E-state index in [0.29, 0.717) is 18.1 Å². The van der Waals surface area contributed by atoms with Crippen LogP contribution in [0.3, 0.4) is 0 Å². The largest absolute Gasteiger partial charge is 0.491 e. The maximum Gasteiger partial charge on any atom is 0.200 e. The van der Waals surface area contributed by atoms with Crippen LogP contribution < -0.4 is 10.1 Å². The van der Waals surface area contributed by atoms with E-state index in [9.17, 15) is 0 Å². The summed E-state index contributed by atoms with van der Waals surface area (Å²) in [5.41, 5.74) is 1.46. The molecule has 0 fully saturated rings. The summed E-state index contributed by atoms with van der Waals surface area (Å²) in [6.07, 6.45) is 0.961. The lowest BCUT2D eigenvalue weighted by atomic mass is 10.3. The van der Waals surface area contributed by atoms with Crippen LogP contribution >= 0.6 is 0 Å².